The van der Waals surface area contributed by atoms with Gasteiger partial charge in [0.15, 0.2) is 0 Å². The summed E-state index contributed by atoms with van der Waals surface area (Å²) in [5.41, 5.74) is 3.43. The van der Waals surface area contributed by atoms with E-state index in [1.54, 1.807) is 20.9 Å². The molecule has 0 N–H and O–H groups in total. The van der Waals surface area contributed by atoms with Gasteiger partial charge in [-0.3, -0.25) is 0 Å². The van der Waals surface area contributed by atoms with Gasteiger partial charge in [-0.05, 0) is 49.1 Å². The van der Waals surface area contributed by atoms with Crippen LogP contribution in [0.1, 0.15) is 60.4 Å². The fourth-order valence-corrected chi connectivity index (χ4v) is 4.23. The smallest absolute Gasteiger partial charge is 0.00857 e. The van der Waals surface area contributed by atoms with Gasteiger partial charge in [-0.2, -0.15) is 0 Å². The Labute approximate surface area is 91.4 Å². The Morgan fingerprint density at radius 1 is 1.29 bits per heavy atom. The first-order valence-corrected chi connectivity index (χ1v) is 6.72. The Hall–Kier alpha value is -0.300. The van der Waals surface area contributed by atoms with Crippen molar-refractivity contribution >= 4 is 11.3 Å². The van der Waals surface area contributed by atoms with Crippen molar-refractivity contribution in [3.05, 3.63) is 20.9 Å². The summed E-state index contributed by atoms with van der Waals surface area (Å²) in [6.45, 7) is 7.01. The van der Waals surface area contributed by atoms with E-state index in [9.17, 15) is 0 Å². The summed E-state index contributed by atoms with van der Waals surface area (Å²) < 4.78 is 0. The van der Waals surface area contributed by atoms with E-state index in [1.165, 1.54) is 32.1 Å². The maximum atomic E-state index is 2.41. The van der Waals surface area contributed by atoms with Crippen LogP contribution in [0.3, 0.4) is 0 Å². The molecule has 0 saturated heterocycles. The molecule has 1 aliphatic carbocycles. The molecule has 0 fully saturated rings. The highest BCUT2D eigenvalue weighted by Crippen LogP contribution is 2.40. The van der Waals surface area contributed by atoms with Crippen LogP contribution in [0, 0.1) is 0 Å². The average Bonchev–Trinajstić information content (AvgIpc) is 2.56. The van der Waals surface area contributed by atoms with Crippen LogP contribution in [0.15, 0.2) is 0 Å². The summed E-state index contributed by atoms with van der Waals surface area (Å²) in [5.74, 6) is 0.824. The van der Waals surface area contributed by atoms with Crippen LogP contribution in [0.5, 0.6) is 0 Å². The van der Waals surface area contributed by atoms with Gasteiger partial charge >= 0.3 is 0 Å². The van der Waals surface area contributed by atoms with Crippen LogP contribution in [0.4, 0.5) is 0 Å². The lowest BCUT2D eigenvalue weighted by Crippen LogP contribution is -2.06. The van der Waals surface area contributed by atoms with Gasteiger partial charge in [0, 0.05) is 9.75 Å². The Morgan fingerprint density at radius 2 is 2.07 bits per heavy atom. The van der Waals surface area contributed by atoms with E-state index >= 15 is 0 Å². The molecule has 0 radical (unpaired) electrons. The first kappa shape index (κ1) is 10.2. The number of rotatable bonds is 2. The van der Waals surface area contributed by atoms with Crippen molar-refractivity contribution in [1.29, 1.82) is 0 Å². The van der Waals surface area contributed by atoms with E-state index in [0.717, 1.165) is 5.92 Å². The van der Waals surface area contributed by atoms with Crippen molar-refractivity contribution in [2.75, 3.05) is 0 Å². The number of hydrogen-bond donors (Lipinski definition) is 0. The quantitative estimate of drug-likeness (QED) is 0.679. The van der Waals surface area contributed by atoms with Crippen molar-refractivity contribution in [3.63, 3.8) is 0 Å². The van der Waals surface area contributed by atoms with E-state index in [2.05, 4.69) is 32.1 Å². The van der Waals surface area contributed by atoms with Gasteiger partial charge in [0.25, 0.3) is 0 Å². The molecule has 0 bridgehead atoms. The summed E-state index contributed by atoms with van der Waals surface area (Å²) >= 11 is 2.09. The van der Waals surface area contributed by atoms with Crippen molar-refractivity contribution in [2.24, 2.45) is 0 Å². The van der Waals surface area contributed by atoms with Gasteiger partial charge in [0.1, 0.15) is 0 Å². The molecule has 1 heterocycles. The highest BCUT2D eigenvalue weighted by Gasteiger charge is 2.23. The van der Waals surface area contributed by atoms with Crippen LogP contribution < -0.4 is 0 Å². The Balaban J connectivity index is 2.50. The molecule has 1 heteroatoms. The van der Waals surface area contributed by atoms with Crippen molar-refractivity contribution in [2.45, 2.75) is 58.8 Å². The molecule has 0 saturated carbocycles. The first-order valence-electron chi connectivity index (χ1n) is 5.91. The summed E-state index contributed by atoms with van der Waals surface area (Å²) in [6.07, 6.45) is 6.62. The average molecular weight is 208 g/mol. The minimum Gasteiger partial charge on any atom is -0.145 e. The highest BCUT2D eigenvalue weighted by atomic mass is 32.1. The molecule has 78 valence electrons. The third kappa shape index (κ3) is 1.52. The molecule has 0 aromatic carbocycles. The minimum absolute atomic E-state index is 0.824. The van der Waals surface area contributed by atoms with E-state index in [4.69, 9.17) is 0 Å². The maximum Gasteiger partial charge on any atom is 0.00857 e. The lowest BCUT2D eigenvalue weighted by Gasteiger charge is -2.20. The van der Waals surface area contributed by atoms with Gasteiger partial charge < -0.3 is 0 Å². The van der Waals surface area contributed by atoms with E-state index in [0.29, 0.717) is 0 Å². The van der Waals surface area contributed by atoms with Crippen LogP contribution in [-0.2, 0) is 19.3 Å². The van der Waals surface area contributed by atoms with Crippen molar-refractivity contribution in [3.8, 4) is 0 Å². The summed E-state index contributed by atoms with van der Waals surface area (Å²) in [6, 6.07) is 0. The molecule has 1 atom stereocenters. The normalized spacial score (nSPS) is 20.9. The van der Waals surface area contributed by atoms with Crippen LogP contribution in [0.25, 0.3) is 0 Å². The summed E-state index contributed by atoms with van der Waals surface area (Å²) in [7, 11) is 0. The second-order valence-corrected chi connectivity index (χ2v) is 5.53. The third-order valence-corrected chi connectivity index (χ3v) is 4.87. The molecule has 1 unspecified atom stereocenters. The molecule has 2 rings (SSSR count). The van der Waals surface area contributed by atoms with Crippen LogP contribution >= 0.6 is 11.3 Å². The predicted octanol–water partition coefficient (Wildman–Crippen LogP) is 4.31. The fourth-order valence-electron chi connectivity index (χ4n) is 2.73. The molecule has 0 amide bonds. The molecule has 0 aliphatic heterocycles. The first-order chi connectivity index (χ1) is 6.77. The molecule has 1 aromatic rings. The lowest BCUT2D eigenvalue weighted by molar-refractivity contribution is 0.593. The predicted molar refractivity (Wildman–Crippen MR) is 64.4 cm³/mol. The Morgan fingerprint density at radius 3 is 2.71 bits per heavy atom. The van der Waals surface area contributed by atoms with Gasteiger partial charge in [0.05, 0.1) is 0 Å². The van der Waals surface area contributed by atoms with E-state index < -0.39 is 0 Å². The highest BCUT2D eigenvalue weighted by molar-refractivity contribution is 7.12. The zero-order valence-corrected chi connectivity index (χ0v) is 10.3. The zero-order valence-electron chi connectivity index (χ0n) is 9.52. The number of aryl methyl sites for hydroxylation is 2. The minimum atomic E-state index is 0.824. The van der Waals surface area contributed by atoms with E-state index in [-0.39, 0.29) is 0 Å². The lowest BCUT2D eigenvalue weighted by atomic mass is 9.85. The number of hydrogen-bond acceptors (Lipinski definition) is 1. The van der Waals surface area contributed by atoms with Gasteiger partial charge in [-0.15, -0.1) is 11.3 Å². The molecule has 0 spiro atoms. The molecule has 1 aliphatic rings. The standard InChI is InChI=1S/C13H20S/c1-4-10-11(5-2)14-12-8-6-7-9(3)13(10)12/h9H,4-8H2,1-3H3. The zero-order chi connectivity index (χ0) is 10.1. The molecular weight excluding hydrogens is 188 g/mol. The monoisotopic (exact) mass is 208 g/mol. The molecule has 14 heavy (non-hydrogen) atoms. The molecule has 0 nitrogen and oxygen atoms in total. The SMILES string of the molecule is CCc1sc2c(c1CC)C(C)CCC2. The maximum absolute atomic E-state index is 2.41. The molecule has 1 aromatic heterocycles. The van der Waals surface area contributed by atoms with Crippen LogP contribution in [0.2, 0.25) is 0 Å². The van der Waals surface area contributed by atoms with Gasteiger partial charge in [0.2, 0.25) is 0 Å². The number of fused-ring (bicyclic) bond motifs is 1. The Bertz CT molecular complexity index is 322. The van der Waals surface area contributed by atoms with Gasteiger partial charge in [-0.25, -0.2) is 0 Å². The number of thiophene rings is 1. The fraction of sp³-hybridized carbons (Fsp3) is 0.692. The topological polar surface area (TPSA) is 0 Å². The third-order valence-electron chi connectivity index (χ3n) is 3.42. The van der Waals surface area contributed by atoms with Crippen molar-refractivity contribution < 1.29 is 0 Å². The van der Waals surface area contributed by atoms with Gasteiger partial charge in [-0.1, -0.05) is 20.8 Å². The van der Waals surface area contributed by atoms with Crippen LogP contribution in [-0.4, -0.2) is 0 Å². The summed E-state index contributed by atoms with van der Waals surface area (Å²) in [5, 5.41) is 0. The Kier molecular flexibility index (Phi) is 2.96. The second kappa shape index (κ2) is 4.06. The summed E-state index contributed by atoms with van der Waals surface area (Å²) in [4.78, 5) is 3.36. The van der Waals surface area contributed by atoms with E-state index in [1.807, 2.05) is 0 Å². The molecular formula is C13H20S. The second-order valence-electron chi connectivity index (χ2n) is 4.34. The van der Waals surface area contributed by atoms with Crippen molar-refractivity contribution in [1.82, 2.24) is 0 Å². The largest absolute Gasteiger partial charge is 0.145 e.